The lowest BCUT2D eigenvalue weighted by molar-refractivity contribution is -0.110. The molecular formula is C14H29NO3. The Morgan fingerprint density at radius 3 is 2.33 bits per heavy atom. The molecule has 1 atom stereocenters. The standard InChI is InChI=1S/C14H29NO3/c1-11(2)12-4-6-14(10-15,7-5-12)18-9-13(16)8-17-3/h11-13,16H,4-10,15H2,1-3H3. The maximum absolute atomic E-state index is 9.64. The van der Waals surface area contributed by atoms with Gasteiger partial charge < -0.3 is 20.3 Å². The van der Waals surface area contributed by atoms with Gasteiger partial charge in [-0.25, -0.2) is 0 Å². The Balaban J connectivity index is 2.40. The molecule has 0 bridgehead atoms. The first-order valence-electron chi connectivity index (χ1n) is 7.04. The molecule has 1 aliphatic rings. The van der Waals surface area contributed by atoms with Crippen molar-refractivity contribution >= 4 is 0 Å². The van der Waals surface area contributed by atoms with Crippen molar-refractivity contribution in [1.82, 2.24) is 0 Å². The van der Waals surface area contributed by atoms with Crippen molar-refractivity contribution < 1.29 is 14.6 Å². The van der Waals surface area contributed by atoms with Gasteiger partial charge >= 0.3 is 0 Å². The predicted molar refractivity (Wildman–Crippen MR) is 72.4 cm³/mol. The summed E-state index contributed by atoms with van der Waals surface area (Å²) in [6.07, 6.45) is 3.81. The molecule has 1 rings (SSSR count). The van der Waals surface area contributed by atoms with Gasteiger partial charge in [0.05, 0.1) is 18.8 Å². The zero-order valence-electron chi connectivity index (χ0n) is 12.0. The second-order valence-corrected chi connectivity index (χ2v) is 5.89. The summed E-state index contributed by atoms with van der Waals surface area (Å²) in [5, 5.41) is 9.64. The number of rotatable bonds is 7. The molecule has 1 saturated carbocycles. The molecule has 1 unspecified atom stereocenters. The number of aliphatic hydroxyl groups is 1. The van der Waals surface area contributed by atoms with E-state index in [4.69, 9.17) is 15.2 Å². The van der Waals surface area contributed by atoms with E-state index in [0.29, 0.717) is 19.8 Å². The van der Waals surface area contributed by atoms with Gasteiger partial charge in [-0.05, 0) is 37.5 Å². The van der Waals surface area contributed by atoms with Crippen LogP contribution < -0.4 is 5.73 Å². The fourth-order valence-electron chi connectivity index (χ4n) is 2.75. The predicted octanol–water partition coefficient (Wildman–Crippen LogP) is 1.55. The zero-order valence-corrected chi connectivity index (χ0v) is 12.0. The molecule has 0 amide bonds. The first kappa shape index (κ1) is 15.9. The lowest BCUT2D eigenvalue weighted by Gasteiger charge is -2.40. The van der Waals surface area contributed by atoms with Crippen LogP contribution in [0.25, 0.3) is 0 Å². The average Bonchev–Trinajstić information content (AvgIpc) is 2.37. The van der Waals surface area contributed by atoms with Gasteiger partial charge in [-0.15, -0.1) is 0 Å². The van der Waals surface area contributed by atoms with Crippen molar-refractivity contribution in [2.24, 2.45) is 17.6 Å². The quantitative estimate of drug-likeness (QED) is 0.728. The molecule has 0 radical (unpaired) electrons. The first-order chi connectivity index (χ1) is 8.53. The van der Waals surface area contributed by atoms with Gasteiger partial charge in [-0.3, -0.25) is 0 Å². The molecule has 0 spiro atoms. The fourth-order valence-corrected chi connectivity index (χ4v) is 2.75. The third-order valence-electron chi connectivity index (χ3n) is 4.20. The molecule has 4 nitrogen and oxygen atoms in total. The van der Waals surface area contributed by atoms with E-state index >= 15 is 0 Å². The molecule has 4 heteroatoms. The SMILES string of the molecule is COCC(O)COC1(CN)CCC(C(C)C)CC1. The fraction of sp³-hybridized carbons (Fsp3) is 1.00. The van der Waals surface area contributed by atoms with Crippen LogP contribution in [-0.2, 0) is 9.47 Å². The Labute approximate surface area is 111 Å². The maximum Gasteiger partial charge on any atom is 0.101 e. The monoisotopic (exact) mass is 259 g/mol. The number of methoxy groups -OCH3 is 1. The smallest absolute Gasteiger partial charge is 0.101 e. The molecule has 0 saturated heterocycles. The summed E-state index contributed by atoms with van der Waals surface area (Å²) in [4.78, 5) is 0. The Hall–Kier alpha value is -0.160. The Morgan fingerprint density at radius 2 is 1.89 bits per heavy atom. The lowest BCUT2D eigenvalue weighted by atomic mass is 9.74. The van der Waals surface area contributed by atoms with E-state index in [1.54, 1.807) is 7.11 Å². The van der Waals surface area contributed by atoms with Gasteiger partial charge in [0.1, 0.15) is 6.10 Å². The van der Waals surface area contributed by atoms with Crippen molar-refractivity contribution in [2.45, 2.75) is 51.2 Å². The van der Waals surface area contributed by atoms with Crippen LogP contribution in [0, 0.1) is 11.8 Å². The molecule has 18 heavy (non-hydrogen) atoms. The van der Waals surface area contributed by atoms with Gasteiger partial charge in [0.25, 0.3) is 0 Å². The van der Waals surface area contributed by atoms with E-state index in [1.165, 1.54) is 12.8 Å². The summed E-state index contributed by atoms with van der Waals surface area (Å²) in [7, 11) is 1.58. The first-order valence-corrected chi connectivity index (χ1v) is 7.04. The van der Waals surface area contributed by atoms with Crippen molar-refractivity contribution in [2.75, 3.05) is 26.9 Å². The van der Waals surface area contributed by atoms with E-state index < -0.39 is 6.10 Å². The molecule has 0 aromatic carbocycles. The van der Waals surface area contributed by atoms with E-state index in [-0.39, 0.29) is 5.60 Å². The molecule has 0 heterocycles. The average molecular weight is 259 g/mol. The maximum atomic E-state index is 9.64. The van der Waals surface area contributed by atoms with Crippen LogP contribution in [0.4, 0.5) is 0 Å². The Kier molecular flexibility index (Phi) is 6.57. The van der Waals surface area contributed by atoms with Gasteiger partial charge in [-0.1, -0.05) is 13.8 Å². The minimum atomic E-state index is -0.554. The summed E-state index contributed by atoms with van der Waals surface area (Å²) >= 11 is 0. The van der Waals surface area contributed by atoms with Gasteiger partial charge in [0.15, 0.2) is 0 Å². The number of nitrogens with two attached hydrogens (primary N) is 1. The van der Waals surface area contributed by atoms with E-state index in [2.05, 4.69) is 13.8 Å². The van der Waals surface area contributed by atoms with E-state index in [1.807, 2.05) is 0 Å². The molecule has 0 aliphatic heterocycles. The van der Waals surface area contributed by atoms with Crippen molar-refractivity contribution in [3.05, 3.63) is 0 Å². The van der Waals surface area contributed by atoms with Crippen molar-refractivity contribution in [3.63, 3.8) is 0 Å². The molecule has 0 aromatic heterocycles. The van der Waals surface area contributed by atoms with E-state index in [9.17, 15) is 5.11 Å². The minimum absolute atomic E-state index is 0.222. The zero-order chi connectivity index (χ0) is 13.6. The molecule has 3 N–H and O–H groups in total. The molecule has 1 fully saturated rings. The lowest BCUT2D eigenvalue weighted by Crippen LogP contribution is -2.46. The highest BCUT2D eigenvalue weighted by Crippen LogP contribution is 2.37. The summed E-state index contributed by atoms with van der Waals surface area (Å²) < 4.78 is 10.8. The Morgan fingerprint density at radius 1 is 1.28 bits per heavy atom. The van der Waals surface area contributed by atoms with Crippen molar-refractivity contribution in [1.29, 1.82) is 0 Å². The highest BCUT2D eigenvalue weighted by molar-refractivity contribution is 4.89. The van der Waals surface area contributed by atoms with Crippen LogP contribution in [0.3, 0.4) is 0 Å². The number of aliphatic hydroxyl groups excluding tert-OH is 1. The highest BCUT2D eigenvalue weighted by atomic mass is 16.5. The van der Waals surface area contributed by atoms with Gasteiger partial charge in [-0.2, -0.15) is 0 Å². The van der Waals surface area contributed by atoms with Crippen LogP contribution in [0.15, 0.2) is 0 Å². The van der Waals surface area contributed by atoms with Gasteiger partial charge in [0.2, 0.25) is 0 Å². The number of hydrogen-bond acceptors (Lipinski definition) is 4. The molecular weight excluding hydrogens is 230 g/mol. The van der Waals surface area contributed by atoms with Gasteiger partial charge in [0, 0.05) is 13.7 Å². The minimum Gasteiger partial charge on any atom is -0.388 e. The second kappa shape index (κ2) is 7.43. The van der Waals surface area contributed by atoms with Crippen LogP contribution in [0.2, 0.25) is 0 Å². The molecule has 0 aromatic rings. The summed E-state index contributed by atoms with van der Waals surface area (Å²) in [5.74, 6) is 1.53. The molecule has 108 valence electrons. The number of hydrogen-bond donors (Lipinski definition) is 2. The van der Waals surface area contributed by atoms with Crippen LogP contribution >= 0.6 is 0 Å². The Bertz CT molecular complexity index is 225. The largest absolute Gasteiger partial charge is 0.388 e. The topological polar surface area (TPSA) is 64.7 Å². The summed E-state index contributed by atoms with van der Waals surface area (Å²) in [5.41, 5.74) is 5.66. The third-order valence-corrected chi connectivity index (χ3v) is 4.20. The number of ether oxygens (including phenoxy) is 2. The van der Waals surface area contributed by atoms with E-state index in [0.717, 1.165) is 24.7 Å². The summed E-state index contributed by atoms with van der Waals surface area (Å²) in [6, 6.07) is 0. The third kappa shape index (κ3) is 4.50. The van der Waals surface area contributed by atoms with Crippen molar-refractivity contribution in [3.8, 4) is 0 Å². The molecule has 1 aliphatic carbocycles. The highest BCUT2D eigenvalue weighted by Gasteiger charge is 2.36. The van der Waals surface area contributed by atoms with Crippen LogP contribution in [0.5, 0.6) is 0 Å². The normalized spacial score (nSPS) is 30.7. The second-order valence-electron chi connectivity index (χ2n) is 5.89. The summed E-state index contributed by atoms with van der Waals surface area (Å²) in [6.45, 7) is 5.73. The van der Waals surface area contributed by atoms with Crippen LogP contribution in [0.1, 0.15) is 39.5 Å². The van der Waals surface area contributed by atoms with Crippen LogP contribution in [-0.4, -0.2) is 43.7 Å².